The largest absolute Gasteiger partial charge is 0.373 e. The molecule has 1 unspecified atom stereocenters. The third-order valence-corrected chi connectivity index (χ3v) is 3.76. The summed E-state index contributed by atoms with van der Waals surface area (Å²) >= 11 is 3.27. The molecule has 0 aromatic heterocycles. The highest BCUT2D eigenvalue weighted by Crippen LogP contribution is 2.32. The Morgan fingerprint density at radius 1 is 1.24 bits per heavy atom. The molecule has 5 heteroatoms. The van der Waals surface area contributed by atoms with Crippen molar-refractivity contribution in [2.75, 3.05) is 5.32 Å². The first-order chi connectivity index (χ1) is 10.1. The van der Waals surface area contributed by atoms with Crippen LogP contribution in [0.1, 0.15) is 31.4 Å². The van der Waals surface area contributed by atoms with Crippen molar-refractivity contribution in [1.29, 1.82) is 0 Å². The van der Waals surface area contributed by atoms with Gasteiger partial charge in [-0.15, -0.1) is 0 Å². The Labute approximate surface area is 132 Å². The molecule has 0 aliphatic heterocycles. The van der Waals surface area contributed by atoms with Gasteiger partial charge in [0.25, 0.3) is 5.69 Å². The SMILES string of the molecule is CCCC(Nc1ccc(Br)cc1[N+](=O)[O-])c1ccccc1. The summed E-state index contributed by atoms with van der Waals surface area (Å²) in [5.41, 5.74) is 1.77. The van der Waals surface area contributed by atoms with Crippen LogP contribution < -0.4 is 5.32 Å². The van der Waals surface area contributed by atoms with E-state index in [0.717, 1.165) is 18.4 Å². The van der Waals surface area contributed by atoms with Crippen LogP contribution in [-0.4, -0.2) is 4.92 Å². The number of benzene rings is 2. The molecule has 0 spiro atoms. The van der Waals surface area contributed by atoms with Gasteiger partial charge in [0.05, 0.1) is 11.0 Å². The second kappa shape index (κ2) is 7.22. The zero-order valence-electron chi connectivity index (χ0n) is 11.8. The predicted molar refractivity (Wildman–Crippen MR) is 88.5 cm³/mol. The number of nitrogens with zero attached hydrogens (tertiary/aromatic N) is 1. The van der Waals surface area contributed by atoms with Crippen molar-refractivity contribution in [3.05, 3.63) is 68.7 Å². The monoisotopic (exact) mass is 348 g/mol. The molecule has 0 aliphatic rings. The fourth-order valence-electron chi connectivity index (χ4n) is 2.26. The van der Waals surface area contributed by atoms with Gasteiger partial charge in [-0.2, -0.15) is 0 Å². The lowest BCUT2D eigenvalue weighted by Gasteiger charge is -2.20. The molecule has 0 bridgehead atoms. The molecular formula is C16H17BrN2O2. The number of hydrogen-bond donors (Lipinski definition) is 1. The molecule has 0 saturated heterocycles. The van der Waals surface area contributed by atoms with Gasteiger partial charge in [-0.05, 0) is 24.1 Å². The number of nitro benzene ring substituents is 1. The second-order valence-corrected chi connectivity index (χ2v) is 5.73. The maximum absolute atomic E-state index is 11.2. The van der Waals surface area contributed by atoms with Crippen LogP contribution in [0.4, 0.5) is 11.4 Å². The van der Waals surface area contributed by atoms with E-state index < -0.39 is 0 Å². The van der Waals surface area contributed by atoms with Gasteiger partial charge in [0, 0.05) is 10.5 Å². The van der Waals surface area contributed by atoms with Crippen LogP contribution in [0.15, 0.2) is 53.0 Å². The molecule has 0 heterocycles. The summed E-state index contributed by atoms with van der Waals surface area (Å²) in [6.45, 7) is 2.10. The summed E-state index contributed by atoms with van der Waals surface area (Å²) in [6.07, 6.45) is 1.91. The zero-order chi connectivity index (χ0) is 15.2. The second-order valence-electron chi connectivity index (χ2n) is 4.81. The smallest absolute Gasteiger partial charge is 0.293 e. The molecule has 0 aliphatic carbocycles. The molecule has 4 nitrogen and oxygen atoms in total. The summed E-state index contributed by atoms with van der Waals surface area (Å²) in [5, 5.41) is 14.5. The molecule has 0 amide bonds. The molecule has 2 aromatic carbocycles. The van der Waals surface area contributed by atoms with E-state index in [-0.39, 0.29) is 16.7 Å². The van der Waals surface area contributed by atoms with Crippen LogP contribution in [-0.2, 0) is 0 Å². The van der Waals surface area contributed by atoms with Gasteiger partial charge in [0.1, 0.15) is 5.69 Å². The first-order valence-corrected chi connectivity index (χ1v) is 7.66. The Morgan fingerprint density at radius 2 is 1.95 bits per heavy atom. The van der Waals surface area contributed by atoms with Gasteiger partial charge in [0.15, 0.2) is 0 Å². The van der Waals surface area contributed by atoms with Crippen LogP contribution in [0, 0.1) is 10.1 Å². The number of halogens is 1. The van der Waals surface area contributed by atoms with Crippen molar-refractivity contribution < 1.29 is 4.92 Å². The van der Waals surface area contributed by atoms with E-state index in [0.29, 0.717) is 10.2 Å². The lowest BCUT2D eigenvalue weighted by Crippen LogP contribution is -2.11. The first kappa shape index (κ1) is 15.5. The molecule has 0 radical (unpaired) electrons. The average Bonchev–Trinajstić information content (AvgIpc) is 2.49. The van der Waals surface area contributed by atoms with E-state index >= 15 is 0 Å². The fourth-order valence-corrected chi connectivity index (χ4v) is 2.61. The summed E-state index contributed by atoms with van der Waals surface area (Å²) < 4.78 is 0.700. The Morgan fingerprint density at radius 3 is 2.57 bits per heavy atom. The van der Waals surface area contributed by atoms with Crippen molar-refractivity contribution in [1.82, 2.24) is 0 Å². The average molecular weight is 349 g/mol. The van der Waals surface area contributed by atoms with Crippen LogP contribution in [0.5, 0.6) is 0 Å². The van der Waals surface area contributed by atoms with E-state index in [9.17, 15) is 10.1 Å². The highest BCUT2D eigenvalue weighted by Gasteiger charge is 2.18. The number of anilines is 1. The molecule has 21 heavy (non-hydrogen) atoms. The van der Waals surface area contributed by atoms with Gasteiger partial charge < -0.3 is 5.32 Å². The number of hydrogen-bond acceptors (Lipinski definition) is 3. The third-order valence-electron chi connectivity index (χ3n) is 3.27. The van der Waals surface area contributed by atoms with Crippen molar-refractivity contribution in [3.63, 3.8) is 0 Å². The molecule has 0 saturated carbocycles. The quantitative estimate of drug-likeness (QED) is 0.568. The standard InChI is InChI=1S/C16H17BrN2O2/c1-2-6-14(12-7-4-3-5-8-12)18-15-10-9-13(17)11-16(15)19(20)21/h3-5,7-11,14,18H,2,6H2,1H3. The van der Waals surface area contributed by atoms with E-state index in [1.807, 2.05) is 36.4 Å². The van der Waals surface area contributed by atoms with Crippen LogP contribution in [0.2, 0.25) is 0 Å². The number of nitrogens with one attached hydrogen (secondary N) is 1. The van der Waals surface area contributed by atoms with Crippen LogP contribution in [0.25, 0.3) is 0 Å². The summed E-state index contributed by atoms with van der Waals surface area (Å²) in [7, 11) is 0. The minimum Gasteiger partial charge on any atom is -0.373 e. The topological polar surface area (TPSA) is 55.2 Å². The van der Waals surface area contributed by atoms with E-state index in [2.05, 4.69) is 28.2 Å². The van der Waals surface area contributed by atoms with Gasteiger partial charge in [-0.25, -0.2) is 0 Å². The predicted octanol–water partition coefficient (Wildman–Crippen LogP) is 5.31. The molecule has 1 atom stereocenters. The lowest BCUT2D eigenvalue weighted by molar-refractivity contribution is -0.384. The summed E-state index contributed by atoms with van der Waals surface area (Å²) in [4.78, 5) is 10.8. The molecular weight excluding hydrogens is 332 g/mol. The van der Waals surface area contributed by atoms with Crippen molar-refractivity contribution >= 4 is 27.3 Å². The Bertz CT molecular complexity index is 617. The molecule has 110 valence electrons. The zero-order valence-corrected chi connectivity index (χ0v) is 13.3. The summed E-state index contributed by atoms with van der Waals surface area (Å²) in [5.74, 6) is 0. The first-order valence-electron chi connectivity index (χ1n) is 6.87. The highest BCUT2D eigenvalue weighted by molar-refractivity contribution is 9.10. The molecule has 2 aromatic rings. The van der Waals surface area contributed by atoms with Gasteiger partial charge >= 0.3 is 0 Å². The fraction of sp³-hybridized carbons (Fsp3) is 0.250. The van der Waals surface area contributed by atoms with Crippen molar-refractivity contribution in [2.45, 2.75) is 25.8 Å². The lowest BCUT2D eigenvalue weighted by atomic mass is 10.0. The minimum atomic E-state index is -0.360. The molecule has 2 rings (SSSR count). The Kier molecular flexibility index (Phi) is 5.33. The normalized spacial score (nSPS) is 11.9. The number of nitro groups is 1. The maximum atomic E-state index is 11.2. The Balaban J connectivity index is 2.31. The molecule has 0 fully saturated rings. The van der Waals surface area contributed by atoms with E-state index in [1.54, 1.807) is 6.07 Å². The van der Waals surface area contributed by atoms with Crippen molar-refractivity contribution in [3.8, 4) is 0 Å². The number of rotatable bonds is 6. The van der Waals surface area contributed by atoms with Gasteiger partial charge in [-0.1, -0.05) is 59.6 Å². The molecule has 1 N–H and O–H groups in total. The Hall–Kier alpha value is -1.88. The summed E-state index contributed by atoms with van der Waals surface area (Å²) in [6, 6.07) is 15.2. The van der Waals surface area contributed by atoms with Crippen LogP contribution in [0.3, 0.4) is 0 Å². The van der Waals surface area contributed by atoms with Gasteiger partial charge in [-0.3, -0.25) is 10.1 Å². The third kappa shape index (κ3) is 4.04. The highest BCUT2D eigenvalue weighted by atomic mass is 79.9. The minimum absolute atomic E-state index is 0.0658. The van der Waals surface area contributed by atoms with Gasteiger partial charge in [0.2, 0.25) is 0 Å². The van der Waals surface area contributed by atoms with Crippen LogP contribution >= 0.6 is 15.9 Å². The van der Waals surface area contributed by atoms with Crippen molar-refractivity contribution in [2.24, 2.45) is 0 Å². The van der Waals surface area contributed by atoms with E-state index in [4.69, 9.17) is 0 Å². The van der Waals surface area contributed by atoms with E-state index in [1.165, 1.54) is 6.07 Å². The maximum Gasteiger partial charge on any atom is 0.293 e.